The van der Waals surface area contributed by atoms with Gasteiger partial charge in [-0.2, -0.15) is 0 Å². The van der Waals surface area contributed by atoms with Gasteiger partial charge in [0.05, 0.1) is 12.7 Å². The molecule has 2 rings (SSSR count). The maximum Gasteiger partial charge on any atom is 0.151 e. The highest BCUT2D eigenvalue weighted by Crippen LogP contribution is 2.24. The van der Waals surface area contributed by atoms with Gasteiger partial charge in [0.2, 0.25) is 0 Å². The predicted octanol–water partition coefficient (Wildman–Crippen LogP) is 1.95. The molecule has 0 saturated carbocycles. The van der Waals surface area contributed by atoms with E-state index in [9.17, 15) is 4.79 Å². The molecule has 0 spiro atoms. The molecule has 1 heterocycles. The lowest BCUT2D eigenvalue weighted by atomic mass is 10.2. The van der Waals surface area contributed by atoms with Crippen LogP contribution in [0.25, 0.3) is 0 Å². The van der Waals surface area contributed by atoms with Crippen LogP contribution in [0.3, 0.4) is 0 Å². The number of carbonyl (C=O) groups excluding carboxylic acids is 1. The Morgan fingerprint density at radius 1 is 1.31 bits per heavy atom. The van der Waals surface area contributed by atoms with Crippen LogP contribution in [0.1, 0.15) is 18.4 Å². The molecular formula is C13H16O3. The van der Waals surface area contributed by atoms with E-state index in [2.05, 4.69) is 0 Å². The largest absolute Gasteiger partial charge is 0.377 e. The van der Waals surface area contributed by atoms with Gasteiger partial charge in [0, 0.05) is 6.61 Å². The molecule has 0 aromatic heterocycles. The molecule has 3 heteroatoms. The predicted molar refractivity (Wildman–Crippen MR) is 60.1 cm³/mol. The second-order valence-electron chi connectivity index (χ2n) is 3.96. The first kappa shape index (κ1) is 11.3. The highest BCUT2D eigenvalue weighted by molar-refractivity contribution is 5.60. The van der Waals surface area contributed by atoms with E-state index < -0.39 is 0 Å². The Hall–Kier alpha value is -1.19. The van der Waals surface area contributed by atoms with Crippen molar-refractivity contribution in [3.05, 3.63) is 35.9 Å². The molecule has 3 nitrogen and oxygen atoms in total. The van der Waals surface area contributed by atoms with Crippen molar-refractivity contribution in [1.29, 1.82) is 0 Å². The van der Waals surface area contributed by atoms with Crippen molar-refractivity contribution in [3.8, 4) is 0 Å². The molecule has 1 aromatic rings. The van der Waals surface area contributed by atoms with Crippen molar-refractivity contribution in [1.82, 2.24) is 0 Å². The minimum atomic E-state index is -0.144. The number of benzene rings is 1. The summed E-state index contributed by atoms with van der Waals surface area (Å²) in [6.45, 7) is 1.38. The van der Waals surface area contributed by atoms with Gasteiger partial charge in [0.1, 0.15) is 6.10 Å². The molecule has 0 radical (unpaired) electrons. The molecule has 0 aliphatic carbocycles. The number of rotatable bonds is 7. The Kier molecular flexibility index (Phi) is 4.08. The summed E-state index contributed by atoms with van der Waals surface area (Å²) >= 11 is 0. The fraction of sp³-hybridized carbons (Fsp3) is 0.462. The molecule has 16 heavy (non-hydrogen) atoms. The average molecular weight is 220 g/mol. The summed E-state index contributed by atoms with van der Waals surface area (Å²) < 4.78 is 10.6. The van der Waals surface area contributed by atoms with E-state index in [0.717, 1.165) is 25.7 Å². The second-order valence-corrected chi connectivity index (χ2v) is 3.96. The number of hydrogen-bond acceptors (Lipinski definition) is 3. The molecule has 1 fully saturated rings. The number of epoxide rings is 1. The zero-order chi connectivity index (χ0) is 11.2. The quantitative estimate of drug-likeness (QED) is 0.400. The minimum absolute atomic E-state index is 0.144. The average Bonchev–Trinajstić information content (AvgIpc) is 3.09. The summed E-state index contributed by atoms with van der Waals surface area (Å²) in [5.41, 5.74) is 1.19. The third kappa shape index (κ3) is 3.43. The fourth-order valence-corrected chi connectivity index (χ4v) is 1.66. The molecule has 0 amide bonds. The zero-order valence-electron chi connectivity index (χ0n) is 9.17. The van der Waals surface area contributed by atoms with E-state index >= 15 is 0 Å². The third-order valence-electron chi connectivity index (χ3n) is 2.64. The summed E-state index contributed by atoms with van der Waals surface area (Å²) in [4.78, 5) is 10.3. The molecule has 0 unspecified atom stereocenters. The van der Waals surface area contributed by atoms with E-state index in [1.807, 2.05) is 30.3 Å². The highest BCUT2D eigenvalue weighted by Gasteiger charge is 2.37. The summed E-state index contributed by atoms with van der Waals surface area (Å²) in [5, 5.41) is 0. The number of carbonyl (C=O) groups is 1. The lowest BCUT2D eigenvalue weighted by Gasteiger charge is -2.03. The molecule has 1 aromatic carbocycles. The van der Waals surface area contributed by atoms with Crippen LogP contribution in [0.5, 0.6) is 0 Å². The first-order chi connectivity index (χ1) is 7.90. The smallest absolute Gasteiger partial charge is 0.151 e. The van der Waals surface area contributed by atoms with Gasteiger partial charge in [-0.15, -0.1) is 0 Å². The Bertz CT molecular complexity index is 323. The molecule has 2 atom stereocenters. The highest BCUT2D eigenvalue weighted by atomic mass is 16.6. The van der Waals surface area contributed by atoms with Crippen LogP contribution in [0.4, 0.5) is 0 Å². The molecule has 1 saturated heterocycles. The summed E-state index contributed by atoms with van der Waals surface area (Å²) in [7, 11) is 0. The fourth-order valence-electron chi connectivity index (χ4n) is 1.66. The first-order valence-electron chi connectivity index (χ1n) is 5.62. The number of hydrogen-bond donors (Lipinski definition) is 0. The van der Waals surface area contributed by atoms with Crippen LogP contribution in [-0.4, -0.2) is 25.1 Å². The minimum Gasteiger partial charge on any atom is -0.377 e. The van der Waals surface area contributed by atoms with Crippen LogP contribution in [0.15, 0.2) is 30.3 Å². The lowest BCUT2D eigenvalue weighted by molar-refractivity contribution is -0.108. The van der Waals surface area contributed by atoms with Crippen molar-refractivity contribution in [2.45, 2.75) is 31.7 Å². The Morgan fingerprint density at radius 3 is 2.81 bits per heavy atom. The van der Waals surface area contributed by atoms with Crippen molar-refractivity contribution in [3.63, 3.8) is 0 Å². The topological polar surface area (TPSA) is 38.8 Å². The molecule has 0 N–H and O–H groups in total. The van der Waals surface area contributed by atoms with Gasteiger partial charge in [0.25, 0.3) is 0 Å². The van der Waals surface area contributed by atoms with Crippen LogP contribution in [-0.2, 0) is 20.9 Å². The van der Waals surface area contributed by atoms with Gasteiger partial charge in [-0.3, -0.25) is 0 Å². The maximum atomic E-state index is 10.3. The van der Waals surface area contributed by atoms with Crippen LogP contribution in [0, 0.1) is 0 Å². The second kappa shape index (κ2) is 5.77. The monoisotopic (exact) mass is 220 g/mol. The SMILES string of the molecule is O=C[C@@H]1O[C@H]1CCCOCc1ccccc1. The summed E-state index contributed by atoms with van der Waals surface area (Å²) in [6.07, 6.45) is 2.74. The summed E-state index contributed by atoms with van der Waals surface area (Å²) in [6, 6.07) is 10.1. The van der Waals surface area contributed by atoms with E-state index in [1.54, 1.807) is 0 Å². The van der Waals surface area contributed by atoms with Gasteiger partial charge in [-0.25, -0.2) is 0 Å². The molecule has 1 aliphatic heterocycles. The van der Waals surface area contributed by atoms with Crippen LogP contribution < -0.4 is 0 Å². The van der Waals surface area contributed by atoms with Crippen LogP contribution >= 0.6 is 0 Å². The normalized spacial score (nSPS) is 23.0. The molecule has 1 aliphatic rings. The van der Waals surface area contributed by atoms with Gasteiger partial charge < -0.3 is 14.3 Å². The third-order valence-corrected chi connectivity index (χ3v) is 2.64. The van der Waals surface area contributed by atoms with Crippen molar-refractivity contribution < 1.29 is 14.3 Å². The zero-order valence-corrected chi connectivity index (χ0v) is 9.17. The van der Waals surface area contributed by atoms with Gasteiger partial charge >= 0.3 is 0 Å². The van der Waals surface area contributed by atoms with Crippen molar-refractivity contribution in [2.75, 3.05) is 6.61 Å². The van der Waals surface area contributed by atoms with E-state index in [0.29, 0.717) is 6.61 Å². The number of ether oxygens (including phenoxy) is 2. The molecule has 86 valence electrons. The van der Waals surface area contributed by atoms with E-state index in [1.165, 1.54) is 5.56 Å². The van der Waals surface area contributed by atoms with E-state index in [4.69, 9.17) is 9.47 Å². The van der Waals surface area contributed by atoms with E-state index in [-0.39, 0.29) is 12.2 Å². The first-order valence-corrected chi connectivity index (χ1v) is 5.62. The lowest BCUT2D eigenvalue weighted by Crippen LogP contribution is -1.99. The Morgan fingerprint density at radius 2 is 2.12 bits per heavy atom. The van der Waals surface area contributed by atoms with Gasteiger partial charge in [0.15, 0.2) is 6.29 Å². The maximum absolute atomic E-state index is 10.3. The van der Waals surface area contributed by atoms with Crippen molar-refractivity contribution in [2.24, 2.45) is 0 Å². The molecular weight excluding hydrogens is 204 g/mol. The Labute approximate surface area is 95.4 Å². The summed E-state index contributed by atoms with van der Waals surface area (Å²) in [5.74, 6) is 0. The Balaban J connectivity index is 1.51. The van der Waals surface area contributed by atoms with Crippen molar-refractivity contribution >= 4 is 6.29 Å². The standard InChI is InChI=1S/C13H16O3/c14-9-13-12(16-13)7-4-8-15-10-11-5-2-1-3-6-11/h1-3,5-6,9,12-13H,4,7-8,10H2/t12-,13-/m0/s1. The van der Waals surface area contributed by atoms with Gasteiger partial charge in [-0.1, -0.05) is 30.3 Å². The number of aldehydes is 1. The molecule has 0 bridgehead atoms. The van der Waals surface area contributed by atoms with Crippen LogP contribution in [0.2, 0.25) is 0 Å². The van der Waals surface area contributed by atoms with Gasteiger partial charge in [-0.05, 0) is 18.4 Å².